The van der Waals surface area contributed by atoms with Crippen LogP contribution in [0.25, 0.3) is 0 Å². The van der Waals surface area contributed by atoms with E-state index in [0.717, 1.165) is 24.7 Å². The van der Waals surface area contributed by atoms with E-state index in [2.05, 4.69) is 15.2 Å². The fraction of sp³-hybridized carbons (Fsp3) is 0.333. The van der Waals surface area contributed by atoms with Crippen molar-refractivity contribution >= 4 is 17.4 Å². The molecule has 0 saturated carbocycles. The summed E-state index contributed by atoms with van der Waals surface area (Å²) in [6.07, 6.45) is 4.12. The Hall–Kier alpha value is -2.30. The second-order valence-electron chi connectivity index (χ2n) is 4.96. The third-order valence-corrected chi connectivity index (χ3v) is 3.40. The van der Waals surface area contributed by atoms with E-state index in [1.54, 1.807) is 18.3 Å². The molecule has 20 heavy (non-hydrogen) atoms. The van der Waals surface area contributed by atoms with E-state index in [4.69, 9.17) is 4.42 Å². The Morgan fingerprint density at radius 2 is 2.05 bits per heavy atom. The molecule has 0 radical (unpaired) electrons. The summed E-state index contributed by atoms with van der Waals surface area (Å²) in [5, 5.41) is 2.78. The zero-order chi connectivity index (χ0) is 13.9. The lowest BCUT2D eigenvalue weighted by Gasteiger charge is -2.16. The van der Waals surface area contributed by atoms with Gasteiger partial charge in [-0.1, -0.05) is 0 Å². The number of amides is 1. The normalized spacial score (nSPS) is 14.6. The largest absolute Gasteiger partial charge is 0.456 e. The molecule has 1 amide bonds. The Bertz CT molecular complexity index is 598. The molecule has 2 aromatic heterocycles. The Labute approximate surface area is 117 Å². The zero-order valence-electron chi connectivity index (χ0n) is 11.4. The molecule has 1 saturated heterocycles. The van der Waals surface area contributed by atoms with E-state index in [1.165, 1.54) is 12.8 Å². The van der Waals surface area contributed by atoms with Crippen LogP contribution in [0.4, 0.5) is 11.5 Å². The minimum atomic E-state index is -0.256. The Balaban J connectivity index is 1.67. The summed E-state index contributed by atoms with van der Waals surface area (Å²) in [4.78, 5) is 18.6. The second-order valence-corrected chi connectivity index (χ2v) is 4.96. The predicted octanol–water partition coefficient (Wildman–Crippen LogP) is 2.84. The molecular weight excluding hydrogens is 254 g/mol. The van der Waals surface area contributed by atoms with E-state index >= 15 is 0 Å². The standard InChI is InChI=1S/C15H17N3O2/c1-11-4-6-13(20-11)15(19)17-12-5-7-14(16-10-12)18-8-2-3-9-18/h4-7,10H,2-3,8-9H2,1H3,(H,17,19). The number of anilines is 2. The van der Waals surface area contributed by atoms with Crippen molar-refractivity contribution in [1.29, 1.82) is 0 Å². The zero-order valence-corrected chi connectivity index (χ0v) is 11.4. The quantitative estimate of drug-likeness (QED) is 0.932. The lowest BCUT2D eigenvalue weighted by molar-refractivity contribution is 0.0995. The SMILES string of the molecule is Cc1ccc(C(=O)Nc2ccc(N3CCCC3)nc2)o1. The number of nitrogens with zero attached hydrogens (tertiary/aromatic N) is 2. The van der Waals surface area contributed by atoms with Crippen LogP contribution < -0.4 is 10.2 Å². The van der Waals surface area contributed by atoms with Gasteiger partial charge < -0.3 is 14.6 Å². The number of aromatic nitrogens is 1. The molecule has 1 fully saturated rings. The van der Waals surface area contributed by atoms with Crippen molar-refractivity contribution < 1.29 is 9.21 Å². The topological polar surface area (TPSA) is 58.4 Å². The van der Waals surface area contributed by atoms with Crippen LogP contribution in [0.5, 0.6) is 0 Å². The predicted molar refractivity (Wildman–Crippen MR) is 77.1 cm³/mol. The number of pyridine rings is 1. The summed E-state index contributed by atoms with van der Waals surface area (Å²) in [7, 11) is 0. The molecule has 0 atom stereocenters. The van der Waals surface area contributed by atoms with Gasteiger partial charge in [0.05, 0.1) is 11.9 Å². The van der Waals surface area contributed by atoms with Crippen molar-refractivity contribution in [3.05, 3.63) is 42.0 Å². The number of furan rings is 1. The molecule has 0 spiro atoms. The second kappa shape index (κ2) is 5.36. The van der Waals surface area contributed by atoms with Gasteiger partial charge in [0, 0.05) is 13.1 Å². The fourth-order valence-electron chi connectivity index (χ4n) is 2.34. The monoisotopic (exact) mass is 271 g/mol. The minimum Gasteiger partial charge on any atom is -0.456 e. The van der Waals surface area contributed by atoms with E-state index in [0.29, 0.717) is 11.4 Å². The van der Waals surface area contributed by atoms with Crippen LogP contribution in [0.15, 0.2) is 34.9 Å². The molecule has 1 aliphatic heterocycles. The van der Waals surface area contributed by atoms with Gasteiger partial charge in [0.25, 0.3) is 5.91 Å². The molecule has 3 heterocycles. The van der Waals surface area contributed by atoms with E-state index in [-0.39, 0.29) is 5.91 Å². The summed E-state index contributed by atoms with van der Waals surface area (Å²) in [5.74, 6) is 1.74. The molecule has 0 aromatic carbocycles. The van der Waals surface area contributed by atoms with Crippen molar-refractivity contribution in [2.24, 2.45) is 0 Å². The van der Waals surface area contributed by atoms with Gasteiger partial charge in [-0.05, 0) is 44.0 Å². The summed E-state index contributed by atoms with van der Waals surface area (Å²) in [6, 6.07) is 7.24. The third kappa shape index (κ3) is 2.66. The van der Waals surface area contributed by atoms with Gasteiger partial charge in [0.2, 0.25) is 0 Å². The van der Waals surface area contributed by atoms with E-state index in [9.17, 15) is 4.79 Å². The molecule has 0 unspecified atom stereocenters. The number of carbonyl (C=O) groups excluding carboxylic acids is 1. The van der Waals surface area contributed by atoms with Crippen LogP contribution in [-0.4, -0.2) is 24.0 Å². The van der Waals surface area contributed by atoms with Gasteiger partial charge in [-0.25, -0.2) is 4.98 Å². The first-order valence-electron chi connectivity index (χ1n) is 6.81. The van der Waals surface area contributed by atoms with Crippen LogP contribution in [-0.2, 0) is 0 Å². The number of hydrogen-bond donors (Lipinski definition) is 1. The summed E-state index contributed by atoms with van der Waals surface area (Å²) in [5.41, 5.74) is 0.673. The maximum absolute atomic E-state index is 11.9. The minimum absolute atomic E-state index is 0.256. The van der Waals surface area contributed by atoms with Crippen LogP contribution in [0, 0.1) is 6.92 Å². The van der Waals surface area contributed by atoms with Crippen LogP contribution in [0.2, 0.25) is 0 Å². The highest BCUT2D eigenvalue weighted by atomic mass is 16.3. The maximum atomic E-state index is 11.9. The number of carbonyl (C=O) groups is 1. The number of rotatable bonds is 3. The lowest BCUT2D eigenvalue weighted by Crippen LogP contribution is -2.19. The van der Waals surface area contributed by atoms with Crippen molar-refractivity contribution in [1.82, 2.24) is 4.98 Å². The van der Waals surface area contributed by atoms with Crippen LogP contribution in [0.1, 0.15) is 29.2 Å². The summed E-state index contributed by atoms with van der Waals surface area (Å²) < 4.78 is 5.28. The highest BCUT2D eigenvalue weighted by molar-refractivity contribution is 6.02. The van der Waals surface area contributed by atoms with Gasteiger partial charge in [-0.15, -0.1) is 0 Å². The van der Waals surface area contributed by atoms with Crippen LogP contribution in [0.3, 0.4) is 0 Å². The average Bonchev–Trinajstić information content (AvgIpc) is 3.10. The Morgan fingerprint density at radius 1 is 1.25 bits per heavy atom. The van der Waals surface area contributed by atoms with Gasteiger partial charge in [-0.3, -0.25) is 4.79 Å². The first-order valence-corrected chi connectivity index (χ1v) is 6.81. The Morgan fingerprint density at radius 3 is 2.65 bits per heavy atom. The number of hydrogen-bond acceptors (Lipinski definition) is 4. The van der Waals surface area contributed by atoms with Crippen molar-refractivity contribution in [2.75, 3.05) is 23.3 Å². The molecule has 3 rings (SSSR count). The third-order valence-electron chi connectivity index (χ3n) is 3.40. The molecule has 0 aliphatic carbocycles. The average molecular weight is 271 g/mol. The van der Waals surface area contributed by atoms with Gasteiger partial charge >= 0.3 is 0 Å². The van der Waals surface area contributed by atoms with Crippen LogP contribution >= 0.6 is 0 Å². The molecule has 5 heteroatoms. The molecule has 0 bridgehead atoms. The fourth-order valence-corrected chi connectivity index (χ4v) is 2.34. The summed E-state index contributed by atoms with van der Waals surface area (Å²) in [6.45, 7) is 3.93. The first kappa shape index (κ1) is 12.7. The highest BCUT2D eigenvalue weighted by Gasteiger charge is 2.14. The van der Waals surface area contributed by atoms with Gasteiger partial charge in [0.15, 0.2) is 5.76 Å². The molecule has 104 valence electrons. The Kier molecular flexibility index (Phi) is 3.41. The molecule has 2 aromatic rings. The van der Waals surface area contributed by atoms with E-state index in [1.807, 2.05) is 19.1 Å². The number of aryl methyl sites for hydroxylation is 1. The van der Waals surface area contributed by atoms with Crippen molar-refractivity contribution in [3.63, 3.8) is 0 Å². The highest BCUT2D eigenvalue weighted by Crippen LogP contribution is 2.19. The van der Waals surface area contributed by atoms with Crippen molar-refractivity contribution in [3.8, 4) is 0 Å². The molecular formula is C15H17N3O2. The smallest absolute Gasteiger partial charge is 0.291 e. The molecule has 1 aliphatic rings. The summed E-state index contributed by atoms with van der Waals surface area (Å²) >= 11 is 0. The lowest BCUT2D eigenvalue weighted by atomic mass is 10.3. The molecule has 1 N–H and O–H groups in total. The van der Waals surface area contributed by atoms with Gasteiger partial charge in [0.1, 0.15) is 11.6 Å². The maximum Gasteiger partial charge on any atom is 0.291 e. The van der Waals surface area contributed by atoms with Crippen molar-refractivity contribution in [2.45, 2.75) is 19.8 Å². The number of nitrogens with one attached hydrogen (secondary N) is 1. The van der Waals surface area contributed by atoms with E-state index < -0.39 is 0 Å². The first-order chi connectivity index (χ1) is 9.72. The molecule has 5 nitrogen and oxygen atoms in total. The van der Waals surface area contributed by atoms with Gasteiger partial charge in [-0.2, -0.15) is 0 Å².